The second-order valence-electron chi connectivity index (χ2n) is 6.89. The van der Waals surface area contributed by atoms with Crippen molar-refractivity contribution in [2.24, 2.45) is 0 Å². The molecule has 0 saturated carbocycles. The largest absolute Gasteiger partial charge is 0.497 e. The molecule has 0 spiro atoms. The summed E-state index contributed by atoms with van der Waals surface area (Å²) in [6, 6.07) is 6.18. The Balaban J connectivity index is 2.05. The maximum absolute atomic E-state index is 11.8. The van der Waals surface area contributed by atoms with Gasteiger partial charge in [-0.1, -0.05) is 0 Å². The van der Waals surface area contributed by atoms with Crippen LogP contribution in [-0.4, -0.2) is 50.4 Å². The van der Waals surface area contributed by atoms with Gasteiger partial charge in [-0.2, -0.15) is 17.2 Å². The summed E-state index contributed by atoms with van der Waals surface area (Å²) in [5, 5.41) is 0. The molecule has 1 aliphatic rings. The van der Waals surface area contributed by atoms with Crippen LogP contribution in [0.3, 0.4) is 0 Å². The third-order valence-corrected chi connectivity index (χ3v) is 6.65. The molecule has 0 bridgehead atoms. The number of benzene rings is 1. The quantitative estimate of drug-likeness (QED) is 0.390. The van der Waals surface area contributed by atoms with Gasteiger partial charge in [0.05, 0.1) is 18.3 Å². The second-order valence-corrected chi connectivity index (χ2v) is 9.26. The van der Waals surface area contributed by atoms with Gasteiger partial charge in [0.2, 0.25) is 15.7 Å². The summed E-state index contributed by atoms with van der Waals surface area (Å²) in [5.41, 5.74) is 3.68. The van der Waals surface area contributed by atoms with Gasteiger partial charge in [0.25, 0.3) is 0 Å². The Morgan fingerprint density at radius 2 is 2.00 bits per heavy atom. The number of nitrogens with zero attached hydrogens (tertiary/aromatic N) is 1. The van der Waals surface area contributed by atoms with Crippen molar-refractivity contribution in [3.8, 4) is 5.75 Å². The van der Waals surface area contributed by atoms with E-state index < -0.39 is 10.0 Å². The summed E-state index contributed by atoms with van der Waals surface area (Å²) < 4.78 is 33.9. The van der Waals surface area contributed by atoms with E-state index in [-0.39, 0.29) is 11.2 Å². The van der Waals surface area contributed by atoms with Crippen molar-refractivity contribution in [2.75, 3.05) is 31.7 Å². The van der Waals surface area contributed by atoms with Crippen LogP contribution in [-0.2, 0) is 15.4 Å². The molecule has 1 aliphatic heterocycles. The van der Waals surface area contributed by atoms with Crippen LogP contribution in [0.4, 0.5) is 5.69 Å². The molecule has 0 saturated heterocycles. The smallest absolute Gasteiger partial charge is 0.211 e. The zero-order valence-electron chi connectivity index (χ0n) is 15.5. The van der Waals surface area contributed by atoms with E-state index in [1.807, 2.05) is 6.07 Å². The van der Waals surface area contributed by atoms with Gasteiger partial charge in [0, 0.05) is 37.3 Å². The van der Waals surface area contributed by atoms with Crippen molar-refractivity contribution < 1.29 is 17.7 Å². The molecule has 0 unspecified atom stereocenters. The Kier molecular flexibility index (Phi) is 6.56. The molecule has 140 valence electrons. The highest BCUT2D eigenvalue weighted by atomic mass is 32.2. The molecule has 2 rings (SSSR count). The van der Waals surface area contributed by atoms with Crippen LogP contribution in [0.25, 0.3) is 0 Å². The van der Waals surface area contributed by atoms with Gasteiger partial charge in [-0.3, -0.25) is 0 Å². The van der Waals surface area contributed by atoms with Crippen LogP contribution in [0, 0.1) is 0 Å². The topological polar surface area (TPSA) is 58.4 Å². The highest BCUT2D eigenvalue weighted by molar-refractivity contribution is 7.89. The lowest BCUT2D eigenvalue weighted by atomic mass is 9.82. The lowest BCUT2D eigenvalue weighted by molar-refractivity contribution is -0.439. The number of unbranched alkanes of at least 4 members (excludes halogenated alkanes) is 1. The third kappa shape index (κ3) is 4.57. The first kappa shape index (κ1) is 20.3. The lowest BCUT2D eigenvalue weighted by Gasteiger charge is -2.15. The second kappa shape index (κ2) is 8.10. The van der Waals surface area contributed by atoms with Crippen LogP contribution in [0.1, 0.15) is 39.2 Å². The molecule has 0 fully saturated rings. The molecule has 0 amide bonds. The summed E-state index contributed by atoms with van der Waals surface area (Å²) in [5.74, 6) is 1.53. The maximum Gasteiger partial charge on any atom is 0.211 e. The number of thiol groups is 1. The minimum atomic E-state index is -3.19. The van der Waals surface area contributed by atoms with E-state index in [0.717, 1.165) is 18.7 Å². The van der Waals surface area contributed by atoms with E-state index in [1.54, 1.807) is 7.11 Å². The summed E-state index contributed by atoms with van der Waals surface area (Å²) in [4.78, 5) is 0. The molecule has 5 nitrogen and oxygen atoms in total. The van der Waals surface area contributed by atoms with E-state index >= 15 is 0 Å². The molecule has 1 aromatic carbocycles. The molecule has 1 aromatic rings. The van der Waals surface area contributed by atoms with Crippen molar-refractivity contribution >= 4 is 34.1 Å². The van der Waals surface area contributed by atoms with Gasteiger partial charge in [-0.15, -0.1) is 0 Å². The molecule has 0 atom stereocenters. The zero-order valence-corrected chi connectivity index (χ0v) is 17.2. The van der Waals surface area contributed by atoms with E-state index in [0.29, 0.717) is 18.7 Å². The van der Waals surface area contributed by atoms with Gasteiger partial charge in [0.15, 0.2) is 5.71 Å². The highest BCUT2D eigenvalue weighted by Crippen LogP contribution is 2.41. The Labute approximate surface area is 156 Å². The average Bonchev–Trinajstić information content (AvgIpc) is 2.77. The number of sulfonamides is 1. The monoisotopic (exact) mass is 385 g/mol. The van der Waals surface area contributed by atoms with E-state index in [4.69, 9.17) is 4.74 Å². The lowest BCUT2D eigenvalue weighted by Crippen LogP contribution is -2.29. The fourth-order valence-corrected chi connectivity index (χ4v) is 4.62. The predicted octanol–water partition coefficient (Wildman–Crippen LogP) is 2.72. The zero-order chi connectivity index (χ0) is 18.7. The van der Waals surface area contributed by atoms with Gasteiger partial charge in [0.1, 0.15) is 12.3 Å². The Morgan fingerprint density at radius 3 is 2.64 bits per heavy atom. The van der Waals surface area contributed by atoms with Gasteiger partial charge < -0.3 is 4.74 Å². The number of rotatable bonds is 9. The Bertz CT molecular complexity index is 756. The summed E-state index contributed by atoms with van der Waals surface area (Å²) in [6.07, 6.45) is 1.46. The molecular formula is C18H29N2O3S2+. The van der Waals surface area contributed by atoms with Crippen LogP contribution in [0.2, 0.25) is 0 Å². The fourth-order valence-electron chi connectivity index (χ4n) is 3.21. The highest BCUT2D eigenvalue weighted by Gasteiger charge is 2.42. The Hall–Kier alpha value is -1.05. The molecule has 25 heavy (non-hydrogen) atoms. The minimum absolute atomic E-state index is 0.0515. The molecular weight excluding hydrogens is 356 g/mol. The summed E-state index contributed by atoms with van der Waals surface area (Å²) in [7, 11) is -1.51. The van der Waals surface area contributed by atoms with Gasteiger partial charge in [-0.05, 0) is 32.4 Å². The number of ether oxygens (including phenoxy) is 1. The van der Waals surface area contributed by atoms with Crippen molar-refractivity contribution in [3.05, 3.63) is 23.8 Å². The van der Waals surface area contributed by atoms with Crippen LogP contribution in [0.5, 0.6) is 5.75 Å². The Morgan fingerprint density at radius 1 is 1.28 bits per heavy atom. The molecule has 0 aromatic heterocycles. The van der Waals surface area contributed by atoms with E-state index in [1.165, 1.54) is 17.0 Å². The maximum atomic E-state index is 11.8. The normalized spacial score (nSPS) is 16.2. The van der Waals surface area contributed by atoms with Crippen molar-refractivity contribution in [2.45, 2.75) is 39.0 Å². The first-order chi connectivity index (χ1) is 11.7. The molecule has 1 N–H and O–H groups in total. The first-order valence-electron chi connectivity index (χ1n) is 8.61. The van der Waals surface area contributed by atoms with Crippen molar-refractivity contribution in [1.82, 2.24) is 4.72 Å². The van der Waals surface area contributed by atoms with Gasteiger partial charge in [-0.25, -0.2) is 13.1 Å². The molecule has 0 aliphatic carbocycles. The summed E-state index contributed by atoms with van der Waals surface area (Å²) in [6.45, 7) is 7.78. The number of fused-ring (bicyclic) bond motifs is 1. The average molecular weight is 386 g/mol. The van der Waals surface area contributed by atoms with Crippen LogP contribution in [0.15, 0.2) is 18.2 Å². The third-order valence-electron chi connectivity index (χ3n) is 4.96. The number of hydrogen-bond acceptors (Lipinski definition) is 4. The van der Waals surface area contributed by atoms with Crippen molar-refractivity contribution in [1.29, 1.82) is 0 Å². The van der Waals surface area contributed by atoms with Crippen LogP contribution >= 0.6 is 12.6 Å². The molecule has 7 heteroatoms. The van der Waals surface area contributed by atoms with E-state index in [9.17, 15) is 8.42 Å². The fraction of sp³-hybridized carbons (Fsp3) is 0.611. The first-order valence-corrected chi connectivity index (χ1v) is 10.9. The minimum Gasteiger partial charge on any atom is -0.497 e. The predicted molar refractivity (Wildman–Crippen MR) is 106 cm³/mol. The SMILES string of the molecule is COc1ccc2c(c1)C(C)(C)C(C)=[N+]2CCCCS(=O)(=O)NCCS. The summed E-state index contributed by atoms with van der Waals surface area (Å²) >= 11 is 4.02. The van der Waals surface area contributed by atoms with E-state index in [2.05, 4.69) is 54.8 Å². The molecule has 1 heterocycles. The standard InChI is InChI=1S/C18H28N2O3S2/c1-14-18(2,3)16-13-15(23-4)7-8-17(16)20(14)10-5-6-12-25(21,22)19-9-11-24/h7-8,13,19H,5-6,9-12H2,1-4H3/p+1. The molecule has 0 radical (unpaired) electrons. The number of methoxy groups -OCH3 is 1. The van der Waals surface area contributed by atoms with Gasteiger partial charge >= 0.3 is 0 Å². The van der Waals surface area contributed by atoms with Crippen LogP contribution < -0.4 is 9.46 Å². The van der Waals surface area contributed by atoms with Crippen molar-refractivity contribution in [3.63, 3.8) is 0 Å². The number of hydrogen-bond donors (Lipinski definition) is 2. The number of nitrogens with one attached hydrogen (secondary N) is 1.